The van der Waals surface area contributed by atoms with Gasteiger partial charge < -0.3 is 20.5 Å². The lowest BCUT2D eigenvalue weighted by molar-refractivity contribution is -0.140. The van der Waals surface area contributed by atoms with Gasteiger partial charge in [-0.25, -0.2) is 0 Å². The molecule has 0 aromatic heterocycles. The van der Waals surface area contributed by atoms with Crippen LogP contribution < -0.4 is 10.6 Å². The van der Waals surface area contributed by atoms with Crippen molar-refractivity contribution in [3.63, 3.8) is 0 Å². The van der Waals surface area contributed by atoms with E-state index in [-0.39, 0.29) is 18.9 Å². The largest absolute Gasteiger partial charge is 0.481 e. The fourth-order valence-electron chi connectivity index (χ4n) is 1.96. The summed E-state index contributed by atoms with van der Waals surface area (Å²) in [5.41, 5.74) is -0.508. The summed E-state index contributed by atoms with van der Waals surface area (Å²) in [6.07, 6.45) is 2.49. The molecule has 0 aromatic carbocycles. The Labute approximate surface area is 101 Å². The summed E-state index contributed by atoms with van der Waals surface area (Å²) in [4.78, 5) is 22.3. The van der Waals surface area contributed by atoms with Crippen molar-refractivity contribution in [1.82, 2.24) is 10.6 Å². The van der Waals surface area contributed by atoms with Gasteiger partial charge in [0.15, 0.2) is 0 Å². The summed E-state index contributed by atoms with van der Waals surface area (Å²) in [5, 5.41) is 14.5. The molecule has 6 heteroatoms. The van der Waals surface area contributed by atoms with Crippen molar-refractivity contribution in [2.75, 3.05) is 26.8 Å². The van der Waals surface area contributed by atoms with Crippen molar-refractivity contribution in [1.29, 1.82) is 0 Å². The maximum Gasteiger partial charge on any atom is 0.305 e. The van der Waals surface area contributed by atoms with Gasteiger partial charge in [0.25, 0.3) is 0 Å². The van der Waals surface area contributed by atoms with Gasteiger partial charge in [-0.3, -0.25) is 9.59 Å². The number of ether oxygens (including phenoxy) is 1. The zero-order valence-corrected chi connectivity index (χ0v) is 10.1. The van der Waals surface area contributed by atoms with Crippen molar-refractivity contribution >= 4 is 11.9 Å². The zero-order chi connectivity index (χ0) is 12.7. The molecule has 0 unspecified atom stereocenters. The van der Waals surface area contributed by atoms with Crippen molar-refractivity contribution < 1.29 is 19.4 Å². The molecule has 0 spiro atoms. The number of nitrogens with one attached hydrogen (secondary N) is 2. The third kappa shape index (κ3) is 4.70. The first-order chi connectivity index (χ1) is 8.08. The number of carbonyl (C=O) groups excluding carboxylic acids is 1. The highest BCUT2D eigenvalue weighted by molar-refractivity contribution is 5.80. The molecule has 3 N–H and O–H groups in total. The fraction of sp³-hybridized carbons (Fsp3) is 0.818. The molecule has 0 bridgehead atoms. The molecule has 1 aliphatic carbocycles. The van der Waals surface area contributed by atoms with Gasteiger partial charge in [-0.2, -0.15) is 0 Å². The third-order valence-corrected chi connectivity index (χ3v) is 2.97. The number of carboxylic acid groups (broad SMARTS) is 1. The van der Waals surface area contributed by atoms with E-state index in [2.05, 4.69) is 10.6 Å². The second-order valence-electron chi connectivity index (χ2n) is 4.42. The molecule has 0 saturated heterocycles. The average Bonchev–Trinajstić information content (AvgIpc) is 2.20. The number of hydrogen-bond acceptors (Lipinski definition) is 4. The van der Waals surface area contributed by atoms with Gasteiger partial charge in [-0.05, 0) is 19.3 Å². The van der Waals surface area contributed by atoms with Crippen molar-refractivity contribution in [2.24, 2.45) is 0 Å². The van der Waals surface area contributed by atoms with E-state index >= 15 is 0 Å². The minimum atomic E-state index is -0.864. The molecule has 1 saturated carbocycles. The van der Waals surface area contributed by atoms with Gasteiger partial charge in [-0.15, -0.1) is 0 Å². The van der Waals surface area contributed by atoms with Crippen molar-refractivity contribution in [2.45, 2.75) is 31.2 Å². The molecule has 1 aliphatic rings. The Morgan fingerprint density at radius 1 is 1.41 bits per heavy atom. The van der Waals surface area contributed by atoms with Gasteiger partial charge >= 0.3 is 5.97 Å². The van der Waals surface area contributed by atoms with E-state index in [9.17, 15) is 9.59 Å². The van der Waals surface area contributed by atoms with Gasteiger partial charge in [0.2, 0.25) is 5.91 Å². The summed E-state index contributed by atoms with van der Waals surface area (Å²) in [5.74, 6) is -1.01. The monoisotopic (exact) mass is 244 g/mol. The molecule has 98 valence electrons. The van der Waals surface area contributed by atoms with Crippen LogP contribution in [0.4, 0.5) is 0 Å². The van der Waals surface area contributed by atoms with Gasteiger partial charge in [0.1, 0.15) is 0 Å². The van der Waals surface area contributed by atoms with Crippen LogP contribution in [-0.4, -0.2) is 49.3 Å². The summed E-state index contributed by atoms with van der Waals surface area (Å²) in [6.45, 7) is 1.36. The summed E-state index contributed by atoms with van der Waals surface area (Å²) in [6, 6.07) is 0. The van der Waals surface area contributed by atoms with Gasteiger partial charge in [0.05, 0.1) is 25.1 Å². The first-order valence-electron chi connectivity index (χ1n) is 5.80. The van der Waals surface area contributed by atoms with Crippen LogP contribution in [0.1, 0.15) is 25.7 Å². The number of aliphatic carboxylic acids is 1. The molecule has 0 atom stereocenters. The van der Waals surface area contributed by atoms with E-state index in [1.807, 2.05) is 0 Å². The Bertz CT molecular complexity index is 277. The Morgan fingerprint density at radius 2 is 2.12 bits per heavy atom. The standard InChI is InChI=1S/C11H20N2O4/c1-17-6-5-12-8-9(14)13-11(3-2-4-11)7-10(15)16/h12H,2-8H2,1H3,(H,13,14)(H,15,16). The molecule has 1 amide bonds. The number of rotatable bonds is 8. The number of amides is 1. The average molecular weight is 244 g/mol. The first kappa shape index (κ1) is 13.9. The van der Waals surface area contributed by atoms with Crippen LogP contribution in [0.3, 0.4) is 0 Å². The normalized spacial score (nSPS) is 17.2. The second-order valence-corrected chi connectivity index (χ2v) is 4.42. The molecule has 0 aromatic rings. The van der Waals surface area contributed by atoms with Crippen LogP contribution in [0.15, 0.2) is 0 Å². The van der Waals surface area contributed by atoms with Crippen LogP contribution in [0.2, 0.25) is 0 Å². The lowest BCUT2D eigenvalue weighted by Gasteiger charge is -2.41. The van der Waals surface area contributed by atoms with Crippen LogP contribution in [-0.2, 0) is 14.3 Å². The molecule has 0 radical (unpaired) electrons. The molecule has 0 aliphatic heterocycles. The number of carboxylic acids is 1. The SMILES string of the molecule is COCCNCC(=O)NC1(CC(=O)O)CCC1. The third-order valence-electron chi connectivity index (χ3n) is 2.97. The summed E-state index contributed by atoms with van der Waals surface area (Å²) < 4.78 is 4.84. The van der Waals surface area contributed by atoms with Crippen LogP contribution >= 0.6 is 0 Å². The zero-order valence-electron chi connectivity index (χ0n) is 10.1. The van der Waals surface area contributed by atoms with Gasteiger partial charge in [-0.1, -0.05) is 0 Å². The van der Waals surface area contributed by atoms with E-state index in [0.29, 0.717) is 13.2 Å². The van der Waals surface area contributed by atoms with Crippen molar-refractivity contribution in [3.05, 3.63) is 0 Å². The van der Waals surface area contributed by atoms with E-state index in [4.69, 9.17) is 9.84 Å². The topological polar surface area (TPSA) is 87.7 Å². The van der Waals surface area contributed by atoms with Gasteiger partial charge in [0, 0.05) is 13.7 Å². The van der Waals surface area contributed by atoms with Crippen molar-refractivity contribution in [3.8, 4) is 0 Å². The van der Waals surface area contributed by atoms with Crippen LogP contribution in [0.5, 0.6) is 0 Å². The number of methoxy groups -OCH3 is 1. The number of carbonyl (C=O) groups is 2. The Kier molecular flexibility index (Phi) is 5.37. The summed E-state index contributed by atoms with van der Waals surface area (Å²) in [7, 11) is 1.60. The highest BCUT2D eigenvalue weighted by Gasteiger charge is 2.40. The predicted octanol–water partition coefficient (Wildman–Crippen LogP) is -0.264. The Morgan fingerprint density at radius 3 is 2.59 bits per heavy atom. The maximum atomic E-state index is 11.6. The Hall–Kier alpha value is -1.14. The van der Waals surface area contributed by atoms with E-state index in [1.165, 1.54) is 0 Å². The van der Waals surface area contributed by atoms with E-state index in [1.54, 1.807) is 7.11 Å². The van der Waals surface area contributed by atoms with E-state index in [0.717, 1.165) is 19.3 Å². The lowest BCUT2D eigenvalue weighted by atomic mass is 9.74. The lowest BCUT2D eigenvalue weighted by Crippen LogP contribution is -2.56. The molecular weight excluding hydrogens is 224 g/mol. The second kappa shape index (κ2) is 6.56. The van der Waals surface area contributed by atoms with Crippen LogP contribution in [0.25, 0.3) is 0 Å². The molecule has 1 fully saturated rings. The maximum absolute atomic E-state index is 11.6. The highest BCUT2D eigenvalue weighted by Crippen LogP contribution is 2.34. The molecule has 0 heterocycles. The summed E-state index contributed by atoms with van der Waals surface area (Å²) >= 11 is 0. The fourth-order valence-corrected chi connectivity index (χ4v) is 1.96. The Balaban J connectivity index is 2.25. The molecule has 6 nitrogen and oxygen atoms in total. The smallest absolute Gasteiger partial charge is 0.305 e. The highest BCUT2D eigenvalue weighted by atomic mass is 16.5. The minimum absolute atomic E-state index is 0.0107. The van der Waals surface area contributed by atoms with E-state index < -0.39 is 11.5 Å². The molecular formula is C11H20N2O4. The predicted molar refractivity (Wildman–Crippen MR) is 61.7 cm³/mol. The van der Waals surface area contributed by atoms with Crippen LogP contribution in [0, 0.1) is 0 Å². The minimum Gasteiger partial charge on any atom is -0.481 e. The first-order valence-corrected chi connectivity index (χ1v) is 5.80. The molecule has 1 rings (SSSR count). The molecule has 17 heavy (non-hydrogen) atoms. The quantitative estimate of drug-likeness (QED) is 0.512. The number of hydrogen-bond donors (Lipinski definition) is 3.